The summed E-state index contributed by atoms with van der Waals surface area (Å²) in [6.45, 7) is 4.21. The molecular formula is C21H20N2O5S2. The largest absolute Gasteiger partial charge is 0.462 e. The number of nitro groups is 1. The van der Waals surface area contributed by atoms with Crippen molar-refractivity contribution in [3.63, 3.8) is 0 Å². The lowest BCUT2D eigenvalue weighted by Gasteiger charge is -2.18. The van der Waals surface area contributed by atoms with Crippen molar-refractivity contribution in [1.82, 2.24) is 0 Å². The second-order valence-electron chi connectivity index (χ2n) is 7.32. The standard InChI is InChI=1S/C21H20N2O5S2/c1-3-28-21(25)18-14-6-4-11(2)8-16(14)30-20(18)22-19(24)17-10-12-9-13(23(26)27)5-7-15(12)29-17/h5,7,9-11H,3-4,6,8H2,1-2H3,(H,22,24). The van der Waals surface area contributed by atoms with Crippen LogP contribution in [0.15, 0.2) is 24.3 Å². The van der Waals surface area contributed by atoms with Gasteiger partial charge in [0.15, 0.2) is 0 Å². The number of fused-ring (bicyclic) bond motifs is 2. The van der Waals surface area contributed by atoms with E-state index in [1.54, 1.807) is 19.1 Å². The lowest BCUT2D eigenvalue weighted by Crippen LogP contribution is -2.16. The molecule has 1 aliphatic carbocycles. The summed E-state index contributed by atoms with van der Waals surface area (Å²) in [5.41, 5.74) is 1.43. The number of thiophene rings is 2. The molecule has 9 heteroatoms. The third-order valence-electron chi connectivity index (χ3n) is 5.15. The van der Waals surface area contributed by atoms with Gasteiger partial charge in [0, 0.05) is 27.1 Å². The monoisotopic (exact) mass is 444 g/mol. The van der Waals surface area contributed by atoms with Crippen LogP contribution in [0.5, 0.6) is 0 Å². The Hall–Kier alpha value is -2.78. The van der Waals surface area contributed by atoms with Gasteiger partial charge in [0.05, 0.1) is 22.0 Å². The van der Waals surface area contributed by atoms with Crippen LogP contribution >= 0.6 is 22.7 Å². The first-order chi connectivity index (χ1) is 14.4. The van der Waals surface area contributed by atoms with Crippen LogP contribution in [0.3, 0.4) is 0 Å². The summed E-state index contributed by atoms with van der Waals surface area (Å²) in [4.78, 5) is 37.6. The number of esters is 1. The van der Waals surface area contributed by atoms with Gasteiger partial charge in [-0.1, -0.05) is 6.92 Å². The van der Waals surface area contributed by atoms with Gasteiger partial charge in [-0.15, -0.1) is 22.7 Å². The van der Waals surface area contributed by atoms with Gasteiger partial charge < -0.3 is 10.1 Å². The van der Waals surface area contributed by atoms with E-state index in [0.29, 0.717) is 26.7 Å². The summed E-state index contributed by atoms with van der Waals surface area (Å²) in [5.74, 6) is -0.212. The summed E-state index contributed by atoms with van der Waals surface area (Å²) in [6, 6.07) is 6.16. The van der Waals surface area contributed by atoms with Crippen LogP contribution in [0, 0.1) is 16.0 Å². The van der Waals surface area contributed by atoms with Crippen LogP contribution in [0.1, 0.15) is 50.7 Å². The molecule has 2 heterocycles. The molecule has 0 saturated heterocycles. The molecular weight excluding hydrogens is 424 g/mol. The Balaban J connectivity index is 1.66. The van der Waals surface area contributed by atoms with Crippen LogP contribution in [-0.2, 0) is 17.6 Å². The zero-order valence-electron chi connectivity index (χ0n) is 16.5. The molecule has 0 bridgehead atoms. The Morgan fingerprint density at radius 3 is 2.83 bits per heavy atom. The number of carbonyl (C=O) groups excluding carboxylic acids is 2. The van der Waals surface area contributed by atoms with E-state index in [2.05, 4.69) is 12.2 Å². The topological polar surface area (TPSA) is 98.5 Å². The zero-order valence-corrected chi connectivity index (χ0v) is 18.2. The fraction of sp³-hybridized carbons (Fsp3) is 0.333. The van der Waals surface area contributed by atoms with Crippen molar-refractivity contribution in [2.24, 2.45) is 5.92 Å². The third-order valence-corrected chi connectivity index (χ3v) is 7.44. The van der Waals surface area contributed by atoms with E-state index in [-0.39, 0.29) is 18.2 Å². The highest BCUT2D eigenvalue weighted by molar-refractivity contribution is 7.21. The second-order valence-corrected chi connectivity index (χ2v) is 9.51. The number of hydrogen-bond acceptors (Lipinski definition) is 7. The molecule has 2 aromatic heterocycles. The predicted molar refractivity (Wildman–Crippen MR) is 118 cm³/mol. The fourth-order valence-corrected chi connectivity index (χ4v) is 6.01. The number of nitro benzene ring substituents is 1. The average molecular weight is 445 g/mol. The minimum Gasteiger partial charge on any atom is -0.462 e. The van der Waals surface area contributed by atoms with Crippen molar-refractivity contribution < 1.29 is 19.2 Å². The Morgan fingerprint density at radius 1 is 1.30 bits per heavy atom. The molecule has 1 aromatic carbocycles. The van der Waals surface area contributed by atoms with Crippen LogP contribution in [0.4, 0.5) is 10.7 Å². The maximum atomic E-state index is 12.9. The Bertz CT molecular complexity index is 1160. The molecule has 156 valence electrons. The highest BCUT2D eigenvalue weighted by Crippen LogP contribution is 2.40. The molecule has 30 heavy (non-hydrogen) atoms. The Kier molecular flexibility index (Phi) is 5.57. The van der Waals surface area contributed by atoms with E-state index < -0.39 is 10.9 Å². The molecule has 7 nitrogen and oxygen atoms in total. The Morgan fingerprint density at radius 2 is 2.10 bits per heavy atom. The lowest BCUT2D eigenvalue weighted by molar-refractivity contribution is -0.384. The highest BCUT2D eigenvalue weighted by atomic mass is 32.1. The lowest BCUT2D eigenvalue weighted by atomic mass is 9.88. The third kappa shape index (κ3) is 3.82. The quantitative estimate of drug-likeness (QED) is 0.322. The summed E-state index contributed by atoms with van der Waals surface area (Å²) in [6.07, 6.45) is 2.68. The van der Waals surface area contributed by atoms with E-state index in [0.717, 1.165) is 34.4 Å². The minimum absolute atomic E-state index is 0.0168. The average Bonchev–Trinajstić information content (AvgIpc) is 3.28. The number of anilines is 1. The number of carbonyl (C=O) groups is 2. The van der Waals surface area contributed by atoms with Crippen molar-refractivity contribution >= 4 is 55.3 Å². The van der Waals surface area contributed by atoms with Gasteiger partial charge in [0.25, 0.3) is 11.6 Å². The van der Waals surface area contributed by atoms with Gasteiger partial charge in [-0.3, -0.25) is 14.9 Å². The maximum absolute atomic E-state index is 12.9. The van der Waals surface area contributed by atoms with Gasteiger partial charge in [0.2, 0.25) is 0 Å². The van der Waals surface area contributed by atoms with Crippen LogP contribution in [0.25, 0.3) is 10.1 Å². The summed E-state index contributed by atoms with van der Waals surface area (Å²) >= 11 is 2.70. The smallest absolute Gasteiger partial charge is 0.341 e. The molecule has 1 amide bonds. The van der Waals surface area contributed by atoms with Crippen LogP contribution in [-0.4, -0.2) is 23.4 Å². The molecule has 1 atom stereocenters. The van der Waals surface area contributed by atoms with Crippen molar-refractivity contribution in [2.75, 3.05) is 11.9 Å². The van der Waals surface area contributed by atoms with Gasteiger partial charge in [-0.05, 0) is 49.8 Å². The second kappa shape index (κ2) is 8.16. The van der Waals surface area contributed by atoms with E-state index in [1.807, 2.05) is 0 Å². The van der Waals surface area contributed by atoms with Gasteiger partial charge in [-0.2, -0.15) is 0 Å². The van der Waals surface area contributed by atoms with Gasteiger partial charge >= 0.3 is 5.97 Å². The van der Waals surface area contributed by atoms with Crippen molar-refractivity contribution in [1.29, 1.82) is 0 Å². The zero-order chi connectivity index (χ0) is 21.4. The first-order valence-electron chi connectivity index (χ1n) is 9.68. The Labute approximate surface area is 180 Å². The molecule has 3 aromatic rings. The normalized spacial score (nSPS) is 15.6. The summed E-state index contributed by atoms with van der Waals surface area (Å²) < 4.78 is 6.03. The van der Waals surface area contributed by atoms with Gasteiger partial charge in [0.1, 0.15) is 5.00 Å². The van der Waals surface area contributed by atoms with Crippen LogP contribution < -0.4 is 5.32 Å². The SMILES string of the molecule is CCOC(=O)c1c(NC(=O)c2cc3cc([N+](=O)[O-])ccc3s2)sc2c1CCC(C)C2. The minimum atomic E-state index is -0.459. The molecule has 1 N–H and O–H groups in total. The van der Waals surface area contributed by atoms with Crippen molar-refractivity contribution in [3.05, 3.63) is 55.3 Å². The number of non-ortho nitro benzene ring substituents is 1. The molecule has 1 unspecified atom stereocenters. The van der Waals surface area contributed by atoms with Gasteiger partial charge in [-0.25, -0.2) is 4.79 Å². The van der Waals surface area contributed by atoms with E-state index in [9.17, 15) is 19.7 Å². The van der Waals surface area contributed by atoms with Crippen molar-refractivity contribution in [3.8, 4) is 0 Å². The molecule has 0 saturated carbocycles. The van der Waals surface area contributed by atoms with E-state index >= 15 is 0 Å². The number of nitrogens with one attached hydrogen (secondary N) is 1. The number of amides is 1. The van der Waals surface area contributed by atoms with Crippen LogP contribution in [0.2, 0.25) is 0 Å². The molecule has 1 aliphatic rings. The first kappa shape index (κ1) is 20.5. The number of nitrogens with zero attached hydrogens (tertiary/aromatic N) is 1. The number of benzene rings is 1. The number of ether oxygens (including phenoxy) is 1. The van der Waals surface area contributed by atoms with E-state index in [4.69, 9.17) is 4.74 Å². The predicted octanol–water partition coefficient (Wildman–Crippen LogP) is 5.42. The van der Waals surface area contributed by atoms with E-state index in [1.165, 1.54) is 34.8 Å². The van der Waals surface area contributed by atoms with Crippen molar-refractivity contribution in [2.45, 2.75) is 33.1 Å². The molecule has 0 aliphatic heterocycles. The molecule has 0 radical (unpaired) electrons. The number of hydrogen-bond donors (Lipinski definition) is 1. The molecule has 0 spiro atoms. The molecule has 0 fully saturated rings. The number of rotatable bonds is 5. The summed E-state index contributed by atoms with van der Waals surface area (Å²) in [5, 5.41) is 15.0. The first-order valence-corrected chi connectivity index (χ1v) is 11.3. The summed E-state index contributed by atoms with van der Waals surface area (Å²) in [7, 11) is 0. The maximum Gasteiger partial charge on any atom is 0.341 e. The highest BCUT2D eigenvalue weighted by Gasteiger charge is 2.29. The molecule has 4 rings (SSSR count). The fourth-order valence-electron chi connectivity index (χ4n) is 3.68.